The Morgan fingerprint density at radius 2 is 0.484 bits per heavy atom. The number of hydrogen-bond donors (Lipinski definition) is 6. The SMILES string of the molecule is Nc1ccc2c(S(=O)(=O)[O-])cc(S(=O)(=O)[O-])cc2c1N.Nc1ccc2c(S(=O)(=O)[O-])cc(S(=O)(=O)[O-])cc2c1N.Nc1ccc2c(S(=O)(=O)[O-])cc(S(=O)(=O)[O-])cc2c1N.[Fe].[K+].[K+].[K+]. The molecular weight excluding hydrogens is 1100 g/mol. The smallest absolute Gasteiger partial charge is 0.744 e. The summed E-state index contributed by atoms with van der Waals surface area (Å²) in [5.74, 6) is 0. The average Bonchev–Trinajstić information content (AvgIpc) is 3.10. The van der Waals surface area contributed by atoms with E-state index in [0.717, 1.165) is 18.2 Å². The van der Waals surface area contributed by atoms with Gasteiger partial charge in [-0.05, 0) is 54.6 Å². The molecule has 24 nitrogen and oxygen atoms in total. The molecule has 64 heavy (non-hydrogen) atoms. The molecule has 0 saturated carbocycles. The summed E-state index contributed by atoms with van der Waals surface area (Å²) in [6, 6.07) is 11.7. The number of benzene rings is 6. The second-order valence-corrected chi connectivity index (χ2v) is 20.2. The molecule has 0 atom stereocenters. The first kappa shape index (κ1) is 63.8. The summed E-state index contributed by atoms with van der Waals surface area (Å²) in [5.41, 5.74) is 33.3. The van der Waals surface area contributed by atoms with Gasteiger partial charge in [0.05, 0.1) is 63.5 Å². The first-order chi connectivity index (χ1) is 27.0. The fraction of sp³-hybridized carbons (Fsp3) is 0. The van der Waals surface area contributed by atoms with E-state index in [0.29, 0.717) is 18.2 Å². The summed E-state index contributed by atoms with van der Waals surface area (Å²) in [6.07, 6.45) is 0. The molecular formula is C30H24FeK3N6O18S6-3. The molecule has 0 heterocycles. The van der Waals surface area contributed by atoms with Crippen molar-refractivity contribution < 1.29 is 249 Å². The van der Waals surface area contributed by atoms with Crippen LogP contribution in [0.1, 0.15) is 0 Å². The van der Waals surface area contributed by atoms with Gasteiger partial charge < -0.3 is 61.7 Å². The van der Waals surface area contributed by atoms with Crippen molar-refractivity contribution in [1.29, 1.82) is 0 Å². The third-order valence-electron chi connectivity index (χ3n) is 8.11. The van der Waals surface area contributed by atoms with Crippen LogP contribution in [0.25, 0.3) is 32.3 Å². The molecule has 0 aliphatic carbocycles. The number of hydrogen-bond acceptors (Lipinski definition) is 24. The van der Waals surface area contributed by atoms with Gasteiger partial charge in [0, 0.05) is 49.4 Å². The minimum absolute atomic E-state index is 0. The average molecular weight is 1120 g/mol. The minimum Gasteiger partial charge on any atom is -0.744 e. The second kappa shape index (κ2) is 23.1. The van der Waals surface area contributed by atoms with Crippen molar-refractivity contribution in [2.75, 3.05) is 34.4 Å². The van der Waals surface area contributed by atoms with E-state index in [2.05, 4.69) is 0 Å². The van der Waals surface area contributed by atoms with Gasteiger partial charge in [0.2, 0.25) is 0 Å². The molecule has 0 radical (unpaired) electrons. The Kier molecular flexibility index (Phi) is 23.1. The summed E-state index contributed by atoms with van der Waals surface area (Å²) in [6.45, 7) is 0. The van der Waals surface area contributed by atoms with Gasteiger partial charge in [-0.1, -0.05) is 18.2 Å². The van der Waals surface area contributed by atoms with Gasteiger partial charge in [0.1, 0.15) is 60.7 Å². The summed E-state index contributed by atoms with van der Waals surface area (Å²) >= 11 is 0. The molecule has 6 aromatic rings. The number of anilines is 6. The largest absolute Gasteiger partial charge is 1.00 e. The van der Waals surface area contributed by atoms with Gasteiger partial charge in [-0.25, -0.2) is 50.5 Å². The molecule has 34 heteroatoms. The van der Waals surface area contributed by atoms with Crippen LogP contribution >= 0.6 is 0 Å². The van der Waals surface area contributed by atoms with E-state index in [9.17, 15) is 77.8 Å². The Hall–Kier alpha value is -0.211. The van der Waals surface area contributed by atoms with Crippen LogP contribution in [-0.2, 0) is 77.8 Å². The molecule has 0 fully saturated rings. The second-order valence-electron chi connectivity index (χ2n) is 12.0. The molecule has 12 N–H and O–H groups in total. The van der Waals surface area contributed by atoms with Gasteiger partial charge in [0.15, 0.2) is 0 Å². The Balaban J connectivity index is 0.000000902. The van der Waals surface area contributed by atoms with Crippen molar-refractivity contribution in [2.45, 2.75) is 29.4 Å². The number of nitrogens with two attached hydrogens (primary N) is 6. The third kappa shape index (κ3) is 15.1. The summed E-state index contributed by atoms with van der Waals surface area (Å²) in [4.78, 5) is -5.10. The van der Waals surface area contributed by atoms with Crippen molar-refractivity contribution in [3.63, 3.8) is 0 Å². The maximum atomic E-state index is 11.2. The first-order valence-corrected chi connectivity index (χ1v) is 23.6. The Labute approximate surface area is 503 Å². The molecule has 332 valence electrons. The Morgan fingerprint density at radius 3 is 0.641 bits per heavy atom. The van der Waals surface area contributed by atoms with Gasteiger partial charge in [0.25, 0.3) is 0 Å². The molecule has 0 bridgehead atoms. The molecule has 0 aliphatic rings. The monoisotopic (exact) mass is 1120 g/mol. The van der Waals surface area contributed by atoms with E-state index < -0.39 is 90.1 Å². The van der Waals surface area contributed by atoms with Gasteiger partial charge >= 0.3 is 154 Å². The predicted octanol–water partition coefficient (Wildman–Crippen LogP) is -9.55. The van der Waals surface area contributed by atoms with Crippen LogP contribution in [-0.4, -0.2) is 77.8 Å². The van der Waals surface area contributed by atoms with E-state index in [4.69, 9.17) is 34.4 Å². The zero-order chi connectivity index (χ0) is 45.9. The summed E-state index contributed by atoms with van der Waals surface area (Å²) < 4.78 is 200. The molecule has 0 unspecified atom stereocenters. The maximum Gasteiger partial charge on any atom is 1.00 e. The maximum absolute atomic E-state index is 11.2. The fourth-order valence-electron chi connectivity index (χ4n) is 5.30. The molecule has 0 aromatic heterocycles. The zero-order valence-corrected chi connectivity index (χ0v) is 47.9. The first-order valence-electron chi connectivity index (χ1n) is 15.2. The third-order valence-corrected chi connectivity index (χ3v) is 13.2. The van der Waals surface area contributed by atoms with E-state index in [1.165, 1.54) is 36.4 Å². The van der Waals surface area contributed by atoms with Gasteiger partial charge in [-0.2, -0.15) is 0 Å². The predicted molar refractivity (Wildman–Crippen MR) is 206 cm³/mol. The number of rotatable bonds is 6. The van der Waals surface area contributed by atoms with Crippen molar-refractivity contribution >= 4 is 127 Å². The van der Waals surface area contributed by atoms with Crippen molar-refractivity contribution in [2.24, 2.45) is 0 Å². The standard InChI is InChI=1S/3C10H10N2O6S2.Fe.3K/c3*11-8-2-1-6-7(10(8)12)3-5(19(13,14)15)4-9(6)20(16,17)18;;;;/h3*1-4H,11-12H2,(H,13,14,15)(H,16,17,18);;;;/q;;;;3*+1/p-6. The summed E-state index contributed by atoms with van der Waals surface area (Å²) in [7, 11) is -29.8. The molecule has 0 spiro atoms. The summed E-state index contributed by atoms with van der Waals surface area (Å²) in [5, 5.41) is -0.554. The molecule has 0 amide bonds. The molecule has 0 aliphatic heterocycles. The van der Waals surface area contributed by atoms with E-state index >= 15 is 0 Å². The number of nitrogen functional groups attached to an aromatic ring is 6. The topological polar surface area (TPSA) is 499 Å². The normalized spacial score (nSPS) is 11.9. The van der Waals surface area contributed by atoms with Crippen LogP contribution in [0.2, 0.25) is 0 Å². The zero-order valence-electron chi connectivity index (χ0n) is 32.5. The Morgan fingerprint density at radius 1 is 0.297 bits per heavy atom. The quantitative estimate of drug-likeness (QED) is 0.0512. The van der Waals surface area contributed by atoms with Crippen LogP contribution in [0.3, 0.4) is 0 Å². The van der Waals surface area contributed by atoms with Gasteiger partial charge in [-0.3, -0.25) is 0 Å². The fourth-order valence-corrected chi connectivity index (χ4v) is 9.25. The van der Waals surface area contributed by atoms with Crippen molar-refractivity contribution in [1.82, 2.24) is 0 Å². The molecule has 6 rings (SSSR count). The van der Waals surface area contributed by atoms with E-state index in [1.54, 1.807) is 0 Å². The van der Waals surface area contributed by atoms with E-state index in [-0.39, 0.29) is 238 Å². The van der Waals surface area contributed by atoms with E-state index in [1.807, 2.05) is 0 Å². The van der Waals surface area contributed by atoms with Gasteiger partial charge in [-0.15, -0.1) is 0 Å². The van der Waals surface area contributed by atoms with Crippen molar-refractivity contribution in [3.8, 4) is 0 Å². The van der Waals surface area contributed by atoms with Crippen LogP contribution in [0.5, 0.6) is 0 Å². The van der Waals surface area contributed by atoms with Crippen LogP contribution in [0, 0.1) is 0 Å². The number of fused-ring (bicyclic) bond motifs is 3. The van der Waals surface area contributed by atoms with Crippen LogP contribution in [0.4, 0.5) is 34.1 Å². The van der Waals surface area contributed by atoms with Crippen LogP contribution < -0.4 is 189 Å². The minimum atomic E-state index is -4.99. The van der Waals surface area contributed by atoms with Crippen LogP contribution in [0.15, 0.2) is 102 Å². The van der Waals surface area contributed by atoms with Crippen molar-refractivity contribution in [3.05, 3.63) is 72.8 Å². The Bertz CT molecular complexity index is 3150. The molecule has 0 saturated heterocycles. The molecule has 6 aromatic carbocycles.